The van der Waals surface area contributed by atoms with Crippen LogP contribution in [0.4, 0.5) is 0 Å². The van der Waals surface area contributed by atoms with Crippen LogP contribution in [0.5, 0.6) is 0 Å². The highest BCUT2D eigenvalue weighted by molar-refractivity contribution is 8.00. The van der Waals surface area contributed by atoms with Crippen molar-refractivity contribution in [3.8, 4) is 0 Å². The number of aromatic nitrogens is 2. The molecule has 1 aromatic carbocycles. The number of halogens is 1. The quantitative estimate of drug-likeness (QED) is 0.513. The molecule has 0 spiro atoms. The highest BCUT2D eigenvalue weighted by atomic mass is 35.5. The lowest BCUT2D eigenvalue weighted by Crippen LogP contribution is -2.50. The fourth-order valence-electron chi connectivity index (χ4n) is 3.54. The van der Waals surface area contributed by atoms with Gasteiger partial charge in [-0.2, -0.15) is 0 Å². The molecule has 3 rings (SSSR count). The van der Waals surface area contributed by atoms with Gasteiger partial charge < -0.3 is 9.80 Å². The summed E-state index contributed by atoms with van der Waals surface area (Å²) in [5.74, 6) is 0.380. The van der Waals surface area contributed by atoms with Gasteiger partial charge in [0.1, 0.15) is 0 Å². The average Bonchev–Trinajstić information content (AvgIpc) is 2.70. The molecule has 1 aromatic heterocycles. The number of fused-ring (bicyclic) bond motifs is 1. The van der Waals surface area contributed by atoms with Crippen LogP contribution in [0.15, 0.2) is 28.2 Å². The number of likely N-dealkylation sites (N-methyl/N-ethyl adjacent to an activating group) is 1. The van der Waals surface area contributed by atoms with Crippen LogP contribution in [0.1, 0.15) is 27.7 Å². The molecule has 0 unspecified atom stereocenters. The second kappa shape index (κ2) is 9.49. The Morgan fingerprint density at radius 3 is 2.52 bits per heavy atom. The van der Waals surface area contributed by atoms with E-state index in [9.17, 15) is 9.59 Å². The molecule has 1 saturated heterocycles. The zero-order valence-corrected chi connectivity index (χ0v) is 19.1. The summed E-state index contributed by atoms with van der Waals surface area (Å²) >= 11 is 7.45. The van der Waals surface area contributed by atoms with Crippen LogP contribution in [0.2, 0.25) is 5.02 Å². The monoisotopic (exact) mass is 436 g/mol. The van der Waals surface area contributed by atoms with E-state index in [4.69, 9.17) is 16.6 Å². The van der Waals surface area contributed by atoms with Crippen LogP contribution >= 0.6 is 23.4 Å². The van der Waals surface area contributed by atoms with E-state index in [0.717, 1.165) is 32.7 Å². The van der Waals surface area contributed by atoms with Crippen LogP contribution in [0.3, 0.4) is 0 Å². The number of carbonyl (C=O) groups excluding carboxylic acids is 1. The van der Waals surface area contributed by atoms with Gasteiger partial charge >= 0.3 is 0 Å². The number of thioether (sulfide) groups is 1. The Kier molecular flexibility index (Phi) is 7.24. The summed E-state index contributed by atoms with van der Waals surface area (Å²) in [5, 5.41) is 1.31. The lowest BCUT2D eigenvalue weighted by molar-refractivity contribution is -0.132. The third-order valence-corrected chi connectivity index (χ3v) is 6.50. The van der Waals surface area contributed by atoms with E-state index in [1.165, 1.54) is 11.8 Å². The summed E-state index contributed by atoms with van der Waals surface area (Å²) in [5.41, 5.74) is 0.503. The molecule has 0 N–H and O–H groups in total. The summed E-state index contributed by atoms with van der Waals surface area (Å²) < 4.78 is 1.69. The Labute approximate surface area is 181 Å². The van der Waals surface area contributed by atoms with Crippen molar-refractivity contribution in [1.29, 1.82) is 0 Å². The third-order valence-electron chi connectivity index (χ3n) is 5.19. The molecule has 1 amide bonds. The summed E-state index contributed by atoms with van der Waals surface area (Å²) in [6.45, 7) is 13.0. The second-order valence-corrected chi connectivity index (χ2v) is 9.63. The maximum absolute atomic E-state index is 13.1. The Hall–Kier alpha value is -1.57. The predicted octanol–water partition coefficient (Wildman–Crippen LogP) is 3.35. The Morgan fingerprint density at radius 1 is 1.21 bits per heavy atom. The lowest BCUT2D eigenvalue weighted by atomic mass is 10.2. The van der Waals surface area contributed by atoms with Crippen LogP contribution in [-0.2, 0) is 11.3 Å². The maximum atomic E-state index is 13.1. The molecule has 0 aliphatic carbocycles. The molecule has 6 nitrogen and oxygen atoms in total. The zero-order valence-electron chi connectivity index (χ0n) is 17.5. The normalized spacial score (nSPS) is 16.6. The van der Waals surface area contributed by atoms with E-state index in [2.05, 4.69) is 25.7 Å². The van der Waals surface area contributed by atoms with Crippen molar-refractivity contribution in [2.24, 2.45) is 5.92 Å². The van der Waals surface area contributed by atoms with Gasteiger partial charge in [-0.3, -0.25) is 14.2 Å². The first-order valence-electron chi connectivity index (χ1n) is 10.2. The van der Waals surface area contributed by atoms with Gasteiger partial charge in [0.05, 0.1) is 16.2 Å². The molecule has 1 atom stereocenters. The van der Waals surface area contributed by atoms with E-state index in [1.807, 2.05) is 11.8 Å². The fourth-order valence-corrected chi connectivity index (χ4v) is 4.71. The minimum absolute atomic E-state index is 0.104. The number of piperazine rings is 1. The summed E-state index contributed by atoms with van der Waals surface area (Å²) in [7, 11) is 0. The molecule has 2 heterocycles. The van der Waals surface area contributed by atoms with E-state index in [0.29, 0.717) is 27.6 Å². The van der Waals surface area contributed by atoms with Gasteiger partial charge in [0.25, 0.3) is 5.56 Å². The van der Waals surface area contributed by atoms with E-state index in [1.54, 1.807) is 22.8 Å². The minimum atomic E-state index is -0.307. The van der Waals surface area contributed by atoms with Gasteiger partial charge in [-0.05, 0) is 37.6 Å². The number of hydrogen-bond donors (Lipinski definition) is 0. The zero-order chi connectivity index (χ0) is 21.1. The smallest absolute Gasteiger partial charge is 0.262 e. The third kappa shape index (κ3) is 5.13. The first kappa shape index (κ1) is 22.1. The maximum Gasteiger partial charge on any atom is 0.262 e. The predicted molar refractivity (Wildman–Crippen MR) is 120 cm³/mol. The van der Waals surface area contributed by atoms with Crippen molar-refractivity contribution in [2.75, 3.05) is 32.7 Å². The molecule has 2 aromatic rings. The highest BCUT2D eigenvalue weighted by Crippen LogP contribution is 2.26. The van der Waals surface area contributed by atoms with Crippen LogP contribution < -0.4 is 5.56 Å². The second-order valence-electron chi connectivity index (χ2n) is 7.89. The number of nitrogens with zero attached hydrogens (tertiary/aromatic N) is 4. The topological polar surface area (TPSA) is 58.4 Å². The number of benzene rings is 1. The first-order valence-corrected chi connectivity index (χ1v) is 11.4. The summed E-state index contributed by atoms with van der Waals surface area (Å²) in [6, 6.07) is 5.16. The first-order chi connectivity index (χ1) is 13.8. The molecule has 29 heavy (non-hydrogen) atoms. The van der Waals surface area contributed by atoms with Crippen molar-refractivity contribution in [1.82, 2.24) is 19.4 Å². The van der Waals surface area contributed by atoms with E-state index in [-0.39, 0.29) is 22.6 Å². The van der Waals surface area contributed by atoms with Crippen molar-refractivity contribution in [2.45, 2.75) is 44.6 Å². The molecular formula is C21H29ClN4O2S. The highest BCUT2D eigenvalue weighted by Gasteiger charge is 2.26. The standard InChI is InChI=1S/C21H29ClN4O2S/c1-5-24-8-10-25(11-9-24)19(27)15(4)29-21-23-18-7-6-16(22)12-17(18)20(28)26(21)13-14(2)3/h6-7,12,14-15H,5,8-11,13H2,1-4H3/t15-/m1/s1. The van der Waals surface area contributed by atoms with Gasteiger partial charge in [-0.1, -0.05) is 44.1 Å². The molecule has 0 radical (unpaired) electrons. The van der Waals surface area contributed by atoms with Crippen LogP contribution in [0, 0.1) is 5.92 Å². The summed E-state index contributed by atoms with van der Waals surface area (Å²) in [6.07, 6.45) is 0. The largest absolute Gasteiger partial charge is 0.339 e. The lowest BCUT2D eigenvalue weighted by Gasteiger charge is -2.35. The number of carbonyl (C=O) groups is 1. The van der Waals surface area contributed by atoms with Gasteiger partial charge in [-0.15, -0.1) is 0 Å². The number of rotatable bonds is 6. The fraction of sp³-hybridized carbons (Fsp3) is 0.571. The Balaban J connectivity index is 1.87. The molecular weight excluding hydrogens is 408 g/mol. The van der Waals surface area contributed by atoms with Crippen molar-refractivity contribution < 1.29 is 4.79 Å². The minimum Gasteiger partial charge on any atom is -0.339 e. The van der Waals surface area contributed by atoms with Gasteiger partial charge in [0.15, 0.2) is 5.16 Å². The van der Waals surface area contributed by atoms with Gasteiger partial charge in [-0.25, -0.2) is 4.98 Å². The van der Waals surface area contributed by atoms with Crippen molar-refractivity contribution >= 4 is 40.2 Å². The van der Waals surface area contributed by atoms with Crippen molar-refractivity contribution in [3.63, 3.8) is 0 Å². The Bertz CT molecular complexity index is 938. The van der Waals surface area contributed by atoms with Gasteiger partial charge in [0, 0.05) is 37.7 Å². The Morgan fingerprint density at radius 2 is 1.90 bits per heavy atom. The molecule has 1 aliphatic rings. The van der Waals surface area contributed by atoms with Gasteiger partial charge in [0.2, 0.25) is 5.91 Å². The van der Waals surface area contributed by atoms with Crippen molar-refractivity contribution in [3.05, 3.63) is 33.6 Å². The number of hydrogen-bond acceptors (Lipinski definition) is 5. The average molecular weight is 437 g/mol. The molecule has 0 saturated carbocycles. The SMILES string of the molecule is CCN1CCN(C(=O)[C@@H](C)Sc2nc3ccc(Cl)cc3c(=O)n2CC(C)C)CC1. The van der Waals surface area contributed by atoms with Crippen LogP contribution in [0.25, 0.3) is 10.9 Å². The molecule has 158 valence electrons. The van der Waals surface area contributed by atoms with E-state index < -0.39 is 0 Å². The molecule has 0 bridgehead atoms. The summed E-state index contributed by atoms with van der Waals surface area (Å²) in [4.78, 5) is 35.1. The molecule has 1 fully saturated rings. The molecule has 1 aliphatic heterocycles. The number of amides is 1. The molecule has 8 heteroatoms. The van der Waals surface area contributed by atoms with E-state index >= 15 is 0 Å². The van der Waals surface area contributed by atoms with Crippen LogP contribution in [-0.4, -0.2) is 63.2 Å².